The lowest BCUT2D eigenvalue weighted by Gasteiger charge is -2.07. The zero-order valence-corrected chi connectivity index (χ0v) is 16.0. The molecule has 4 aromatic rings. The summed E-state index contributed by atoms with van der Waals surface area (Å²) in [5.41, 5.74) is 1.63. The minimum Gasteiger partial charge on any atom is -0.408 e. The van der Waals surface area contributed by atoms with Gasteiger partial charge in [-0.15, -0.1) is 11.3 Å². The number of aryl methyl sites for hydroxylation is 1. The summed E-state index contributed by atoms with van der Waals surface area (Å²) in [6, 6.07) is 10.2. The first-order valence-electron chi connectivity index (χ1n) is 8.11. The third-order valence-corrected chi connectivity index (χ3v) is 6.47. The van der Waals surface area contributed by atoms with Crippen LogP contribution in [0.3, 0.4) is 0 Å². The van der Waals surface area contributed by atoms with Gasteiger partial charge >= 0.3 is 5.76 Å². The molecule has 4 rings (SSSR count). The number of fused-ring (bicyclic) bond motifs is 1. The van der Waals surface area contributed by atoms with E-state index in [0.717, 1.165) is 10.6 Å². The summed E-state index contributed by atoms with van der Waals surface area (Å²) in [5.74, 6) is -0.535. The molecule has 0 aliphatic heterocycles. The molecule has 3 heterocycles. The maximum atomic E-state index is 12.5. The van der Waals surface area contributed by atoms with E-state index < -0.39 is 15.8 Å². The Labute approximate surface area is 158 Å². The number of thiophene rings is 1. The summed E-state index contributed by atoms with van der Waals surface area (Å²) in [6.07, 6.45) is 1.82. The molecule has 8 nitrogen and oxygen atoms in total. The minimum atomic E-state index is -3.71. The number of benzene rings is 1. The highest BCUT2D eigenvalue weighted by molar-refractivity contribution is 7.89. The average Bonchev–Trinajstić information content (AvgIpc) is 3.36. The fraction of sp³-hybridized carbons (Fsp3) is 0.176. The van der Waals surface area contributed by atoms with Crippen LogP contribution in [-0.2, 0) is 23.6 Å². The number of sulfonamides is 1. The van der Waals surface area contributed by atoms with Crippen molar-refractivity contribution < 1.29 is 12.8 Å². The lowest BCUT2D eigenvalue weighted by molar-refractivity contribution is 0.528. The van der Waals surface area contributed by atoms with Crippen LogP contribution in [0.5, 0.6) is 0 Å². The second kappa shape index (κ2) is 6.80. The van der Waals surface area contributed by atoms with Gasteiger partial charge in [0.2, 0.25) is 10.0 Å². The Balaban J connectivity index is 1.46. The van der Waals surface area contributed by atoms with Gasteiger partial charge in [-0.1, -0.05) is 6.07 Å². The molecule has 0 saturated carbocycles. The fourth-order valence-electron chi connectivity index (χ4n) is 2.69. The predicted octanol–water partition coefficient (Wildman–Crippen LogP) is 2.04. The lowest BCUT2D eigenvalue weighted by atomic mass is 10.3. The van der Waals surface area contributed by atoms with Gasteiger partial charge in [0.05, 0.1) is 21.8 Å². The second-order valence-electron chi connectivity index (χ2n) is 5.90. The SMILES string of the molecule is Cn1c(=O)oc2ccc(S(=O)(=O)NCCn3ccc(-c4cccs4)n3)cc21. The standard InChI is InChI=1S/C17H16N4O4S2/c1-20-14-11-12(4-5-15(14)25-17(20)22)27(23,24)18-7-9-21-8-6-13(19-21)16-3-2-10-26-16/h2-6,8,10-11,18H,7,9H2,1H3. The maximum Gasteiger partial charge on any atom is 0.419 e. The van der Waals surface area contributed by atoms with Crippen LogP contribution in [0, 0.1) is 0 Å². The molecule has 0 saturated heterocycles. The van der Waals surface area contributed by atoms with Crippen LogP contribution in [0.2, 0.25) is 0 Å². The van der Waals surface area contributed by atoms with Crippen molar-refractivity contribution in [3.8, 4) is 10.6 Å². The second-order valence-corrected chi connectivity index (χ2v) is 8.61. The minimum absolute atomic E-state index is 0.0751. The van der Waals surface area contributed by atoms with E-state index in [0.29, 0.717) is 17.6 Å². The van der Waals surface area contributed by atoms with Crippen molar-refractivity contribution >= 4 is 32.5 Å². The van der Waals surface area contributed by atoms with E-state index in [1.165, 1.54) is 29.8 Å². The molecule has 10 heteroatoms. The third-order valence-electron chi connectivity index (χ3n) is 4.12. The monoisotopic (exact) mass is 404 g/mol. The lowest BCUT2D eigenvalue weighted by Crippen LogP contribution is -2.27. The maximum absolute atomic E-state index is 12.5. The quantitative estimate of drug-likeness (QED) is 0.530. The highest BCUT2D eigenvalue weighted by Crippen LogP contribution is 2.22. The van der Waals surface area contributed by atoms with Crippen molar-refractivity contribution in [1.29, 1.82) is 0 Å². The summed E-state index contributed by atoms with van der Waals surface area (Å²) in [6.45, 7) is 0.591. The Morgan fingerprint density at radius 2 is 2.11 bits per heavy atom. The van der Waals surface area contributed by atoms with Crippen LogP contribution in [0.25, 0.3) is 21.7 Å². The zero-order valence-electron chi connectivity index (χ0n) is 14.3. The van der Waals surface area contributed by atoms with Crippen LogP contribution < -0.4 is 10.5 Å². The number of hydrogen-bond donors (Lipinski definition) is 1. The number of aromatic nitrogens is 3. The largest absolute Gasteiger partial charge is 0.419 e. The van der Waals surface area contributed by atoms with E-state index in [4.69, 9.17) is 4.42 Å². The number of nitrogens with one attached hydrogen (secondary N) is 1. The first-order valence-corrected chi connectivity index (χ1v) is 10.5. The smallest absolute Gasteiger partial charge is 0.408 e. The van der Waals surface area contributed by atoms with Gasteiger partial charge in [-0.2, -0.15) is 5.10 Å². The molecule has 3 aromatic heterocycles. The Hall–Kier alpha value is -2.69. The molecule has 0 unspecified atom stereocenters. The molecule has 0 aliphatic carbocycles. The van der Waals surface area contributed by atoms with Gasteiger partial charge in [-0.25, -0.2) is 17.9 Å². The first-order chi connectivity index (χ1) is 12.9. The molecule has 0 bridgehead atoms. The van der Waals surface area contributed by atoms with E-state index >= 15 is 0 Å². The molecule has 0 aliphatic rings. The number of rotatable bonds is 6. The molecule has 0 spiro atoms. The van der Waals surface area contributed by atoms with Crippen molar-refractivity contribution in [2.24, 2.45) is 7.05 Å². The molecule has 0 radical (unpaired) electrons. The van der Waals surface area contributed by atoms with E-state index in [9.17, 15) is 13.2 Å². The Bertz CT molecular complexity index is 1250. The summed E-state index contributed by atoms with van der Waals surface area (Å²) in [5, 5.41) is 6.42. The Morgan fingerprint density at radius 1 is 1.26 bits per heavy atom. The van der Waals surface area contributed by atoms with Crippen LogP contribution in [-0.4, -0.2) is 29.3 Å². The van der Waals surface area contributed by atoms with E-state index in [1.807, 2.05) is 29.8 Å². The first kappa shape index (κ1) is 17.7. The molecule has 0 atom stereocenters. The summed E-state index contributed by atoms with van der Waals surface area (Å²) in [7, 11) is -2.18. The average molecular weight is 404 g/mol. The van der Waals surface area contributed by atoms with Crippen molar-refractivity contribution in [3.05, 3.63) is 58.5 Å². The zero-order chi connectivity index (χ0) is 19.0. The van der Waals surface area contributed by atoms with Gasteiger partial charge < -0.3 is 4.42 Å². The molecular weight excluding hydrogens is 388 g/mol. The van der Waals surface area contributed by atoms with Crippen LogP contribution in [0.15, 0.2) is 62.1 Å². The number of oxazole rings is 1. The van der Waals surface area contributed by atoms with E-state index in [-0.39, 0.29) is 11.4 Å². The van der Waals surface area contributed by atoms with Gasteiger partial charge in [0.1, 0.15) is 5.69 Å². The van der Waals surface area contributed by atoms with Crippen molar-refractivity contribution in [1.82, 2.24) is 19.1 Å². The molecule has 0 amide bonds. The third kappa shape index (κ3) is 3.46. The Kier molecular flexibility index (Phi) is 4.46. The van der Waals surface area contributed by atoms with Gasteiger partial charge in [0.25, 0.3) is 0 Å². The molecule has 140 valence electrons. The summed E-state index contributed by atoms with van der Waals surface area (Å²) >= 11 is 1.60. The van der Waals surface area contributed by atoms with Crippen molar-refractivity contribution in [2.75, 3.05) is 6.54 Å². The summed E-state index contributed by atoms with van der Waals surface area (Å²) in [4.78, 5) is 12.7. The van der Waals surface area contributed by atoms with Gasteiger partial charge in [-0.05, 0) is 35.7 Å². The van der Waals surface area contributed by atoms with Crippen LogP contribution >= 0.6 is 11.3 Å². The van der Waals surface area contributed by atoms with Crippen molar-refractivity contribution in [2.45, 2.75) is 11.4 Å². The predicted molar refractivity (Wildman–Crippen MR) is 102 cm³/mol. The topological polar surface area (TPSA) is 99.1 Å². The van der Waals surface area contributed by atoms with E-state index in [2.05, 4.69) is 9.82 Å². The molecule has 0 fully saturated rings. The van der Waals surface area contributed by atoms with E-state index in [1.54, 1.807) is 16.0 Å². The van der Waals surface area contributed by atoms with Crippen LogP contribution in [0.1, 0.15) is 0 Å². The molecular formula is C17H16N4O4S2. The van der Waals surface area contributed by atoms with Crippen molar-refractivity contribution in [3.63, 3.8) is 0 Å². The highest BCUT2D eigenvalue weighted by Gasteiger charge is 2.16. The van der Waals surface area contributed by atoms with Gasteiger partial charge in [-0.3, -0.25) is 9.25 Å². The number of nitrogens with zero attached hydrogens (tertiary/aromatic N) is 3. The molecule has 1 aromatic carbocycles. The fourth-order valence-corrected chi connectivity index (χ4v) is 4.42. The van der Waals surface area contributed by atoms with Gasteiger partial charge in [0, 0.05) is 19.8 Å². The molecule has 1 N–H and O–H groups in total. The van der Waals surface area contributed by atoms with Gasteiger partial charge in [0.15, 0.2) is 5.58 Å². The Morgan fingerprint density at radius 3 is 2.89 bits per heavy atom. The normalized spacial score (nSPS) is 12.0. The van der Waals surface area contributed by atoms with Crippen LogP contribution in [0.4, 0.5) is 0 Å². The molecule has 27 heavy (non-hydrogen) atoms. The number of hydrogen-bond acceptors (Lipinski definition) is 6. The highest BCUT2D eigenvalue weighted by atomic mass is 32.2. The summed E-state index contributed by atoms with van der Waals surface area (Å²) < 4.78 is 35.6.